The molecule has 4 atom stereocenters. The minimum Gasteiger partial charge on any atom is -0.491 e. The fourth-order valence-electron chi connectivity index (χ4n) is 4.01. The standard InChI is InChI=1S/C17H17NO4/c19-7-8-22-13-5-3-12(4-6-13)18-16(20)14-10-1-2-11(9-10)15(14)17(18)21/h1-6,10-11,14-15,19H,7-9H2. The Morgan fingerprint density at radius 3 is 2.18 bits per heavy atom. The maximum atomic E-state index is 12.7. The van der Waals surface area contributed by atoms with Crippen molar-refractivity contribution >= 4 is 17.5 Å². The monoisotopic (exact) mass is 299 g/mol. The maximum absolute atomic E-state index is 12.7. The zero-order chi connectivity index (χ0) is 15.3. The molecule has 22 heavy (non-hydrogen) atoms. The molecule has 3 aliphatic rings. The number of imide groups is 1. The Labute approximate surface area is 128 Å². The number of amides is 2. The van der Waals surface area contributed by atoms with Crippen LogP contribution in [0.4, 0.5) is 5.69 Å². The van der Waals surface area contributed by atoms with Crippen molar-refractivity contribution in [3.05, 3.63) is 36.4 Å². The molecule has 4 unspecified atom stereocenters. The minimum absolute atomic E-state index is 0.0516. The molecule has 0 radical (unpaired) electrons. The van der Waals surface area contributed by atoms with Crippen molar-refractivity contribution in [2.75, 3.05) is 18.1 Å². The highest BCUT2D eigenvalue weighted by molar-refractivity contribution is 6.22. The Kier molecular flexibility index (Phi) is 3.04. The average Bonchev–Trinajstić information content (AvgIpc) is 3.20. The van der Waals surface area contributed by atoms with E-state index in [0.717, 1.165) is 6.42 Å². The van der Waals surface area contributed by atoms with E-state index in [0.29, 0.717) is 11.4 Å². The first kappa shape index (κ1) is 13.5. The van der Waals surface area contributed by atoms with Gasteiger partial charge in [0.05, 0.1) is 24.1 Å². The zero-order valence-corrected chi connectivity index (χ0v) is 12.0. The van der Waals surface area contributed by atoms with E-state index in [1.165, 1.54) is 4.90 Å². The number of hydrogen-bond donors (Lipinski definition) is 1. The topological polar surface area (TPSA) is 66.8 Å². The highest BCUT2D eigenvalue weighted by atomic mass is 16.5. The van der Waals surface area contributed by atoms with Gasteiger partial charge in [0.15, 0.2) is 0 Å². The molecule has 0 aromatic heterocycles. The predicted molar refractivity (Wildman–Crippen MR) is 79.2 cm³/mol. The highest BCUT2D eigenvalue weighted by Crippen LogP contribution is 2.53. The number of fused-ring (bicyclic) bond motifs is 5. The smallest absolute Gasteiger partial charge is 0.238 e. The molecular weight excluding hydrogens is 282 g/mol. The lowest BCUT2D eigenvalue weighted by molar-refractivity contribution is -0.123. The number of carbonyl (C=O) groups excluding carboxylic acids is 2. The third-order valence-electron chi connectivity index (χ3n) is 4.93. The van der Waals surface area contributed by atoms with Gasteiger partial charge in [-0.05, 0) is 42.5 Å². The van der Waals surface area contributed by atoms with Crippen molar-refractivity contribution in [2.45, 2.75) is 6.42 Å². The number of hydrogen-bond acceptors (Lipinski definition) is 4. The van der Waals surface area contributed by atoms with E-state index in [4.69, 9.17) is 9.84 Å². The van der Waals surface area contributed by atoms with Crippen LogP contribution in [-0.4, -0.2) is 30.1 Å². The van der Waals surface area contributed by atoms with Gasteiger partial charge >= 0.3 is 0 Å². The summed E-state index contributed by atoms with van der Waals surface area (Å²) in [4.78, 5) is 26.6. The summed E-state index contributed by atoms with van der Waals surface area (Å²) in [5.41, 5.74) is 0.597. The number of aliphatic hydroxyl groups excluding tert-OH is 1. The lowest BCUT2D eigenvalue weighted by Gasteiger charge is -2.17. The first-order chi connectivity index (χ1) is 10.7. The van der Waals surface area contributed by atoms with E-state index in [9.17, 15) is 9.59 Å². The third-order valence-corrected chi connectivity index (χ3v) is 4.93. The van der Waals surface area contributed by atoms with Crippen LogP contribution in [0, 0.1) is 23.7 Å². The zero-order valence-electron chi connectivity index (χ0n) is 12.0. The Morgan fingerprint density at radius 2 is 1.64 bits per heavy atom. The van der Waals surface area contributed by atoms with Crippen molar-refractivity contribution in [1.82, 2.24) is 0 Å². The van der Waals surface area contributed by atoms with Crippen LogP contribution in [0.5, 0.6) is 5.75 Å². The second kappa shape index (κ2) is 4.95. The first-order valence-electron chi connectivity index (χ1n) is 7.60. The van der Waals surface area contributed by atoms with Gasteiger partial charge in [0.2, 0.25) is 11.8 Å². The van der Waals surface area contributed by atoms with Gasteiger partial charge in [0, 0.05) is 0 Å². The van der Waals surface area contributed by atoms with Gasteiger partial charge in [-0.15, -0.1) is 0 Å². The third kappa shape index (κ3) is 1.82. The van der Waals surface area contributed by atoms with E-state index in [1.807, 2.05) is 0 Å². The summed E-state index contributed by atoms with van der Waals surface area (Å²) in [5, 5.41) is 8.74. The van der Waals surface area contributed by atoms with Crippen molar-refractivity contribution in [3.63, 3.8) is 0 Å². The van der Waals surface area contributed by atoms with Crippen LogP contribution in [0.1, 0.15) is 6.42 Å². The fraction of sp³-hybridized carbons (Fsp3) is 0.412. The lowest BCUT2D eigenvalue weighted by Crippen LogP contribution is -2.32. The normalized spacial score (nSPS) is 32.0. The van der Waals surface area contributed by atoms with Gasteiger partial charge in [-0.3, -0.25) is 14.5 Å². The van der Waals surface area contributed by atoms with Gasteiger partial charge in [0.25, 0.3) is 0 Å². The van der Waals surface area contributed by atoms with Crippen LogP contribution in [0.2, 0.25) is 0 Å². The van der Waals surface area contributed by atoms with Crippen LogP contribution in [0.3, 0.4) is 0 Å². The van der Waals surface area contributed by atoms with Crippen molar-refractivity contribution in [1.29, 1.82) is 0 Å². The van der Waals surface area contributed by atoms with Gasteiger partial charge in [-0.2, -0.15) is 0 Å². The summed E-state index contributed by atoms with van der Waals surface area (Å²) in [7, 11) is 0. The van der Waals surface area contributed by atoms with Crippen LogP contribution in [0.25, 0.3) is 0 Å². The molecule has 1 saturated carbocycles. The molecule has 4 rings (SSSR count). The SMILES string of the molecule is O=C1C2C3C=CC(C3)C2C(=O)N1c1ccc(OCCO)cc1. The highest BCUT2D eigenvalue weighted by Gasteiger charge is 2.59. The van der Waals surface area contributed by atoms with Gasteiger partial charge in [0.1, 0.15) is 12.4 Å². The van der Waals surface area contributed by atoms with Gasteiger partial charge in [-0.25, -0.2) is 0 Å². The molecule has 5 heteroatoms. The minimum atomic E-state index is -0.173. The number of rotatable bonds is 4. The summed E-state index contributed by atoms with van der Waals surface area (Å²) in [6, 6.07) is 6.87. The Bertz CT molecular complexity index is 621. The Balaban J connectivity index is 1.58. The molecule has 1 aliphatic heterocycles. The average molecular weight is 299 g/mol. The molecule has 1 saturated heterocycles. The second-order valence-corrected chi connectivity index (χ2v) is 6.08. The Hall–Kier alpha value is -2.14. The maximum Gasteiger partial charge on any atom is 0.238 e. The summed E-state index contributed by atoms with van der Waals surface area (Å²) in [6.45, 7) is 0.171. The largest absolute Gasteiger partial charge is 0.491 e. The molecular formula is C17H17NO4. The van der Waals surface area contributed by atoms with Crippen LogP contribution < -0.4 is 9.64 Å². The summed E-state index contributed by atoms with van der Waals surface area (Å²) in [6.07, 6.45) is 5.12. The molecule has 114 valence electrons. The molecule has 2 aliphatic carbocycles. The van der Waals surface area contributed by atoms with Crippen LogP contribution >= 0.6 is 0 Å². The van der Waals surface area contributed by atoms with E-state index in [1.54, 1.807) is 24.3 Å². The van der Waals surface area contributed by atoms with E-state index in [-0.39, 0.29) is 48.7 Å². The summed E-state index contributed by atoms with van der Waals surface area (Å²) < 4.78 is 5.30. The number of nitrogens with zero attached hydrogens (tertiary/aromatic N) is 1. The first-order valence-corrected chi connectivity index (χ1v) is 7.60. The molecule has 2 bridgehead atoms. The predicted octanol–water partition coefficient (Wildman–Crippen LogP) is 1.37. The molecule has 2 amide bonds. The quantitative estimate of drug-likeness (QED) is 0.673. The van der Waals surface area contributed by atoms with Crippen molar-refractivity contribution < 1.29 is 19.4 Å². The molecule has 1 N–H and O–H groups in total. The molecule has 1 heterocycles. The van der Waals surface area contributed by atoms with E-state index < -0.39 is 0 Å². The van der Waals surface area contributed by atoms with Crippen molar-refractivity contribution in [3.8, 4) is 5.75 Å². The van der Waals surface area contributed by atoms with Crippen molar-refractivity contribution in [2.24, 2.45) is 23.7 Å². The molecule has 0 spiro atoms. The number of benzene rings is 1. The second-order valence-electron chi connectivity index (χ2n) is 6.08. The number of allylic oxidation sites excluding steroid dienone is 2. The molecule has 2 fully saturated rings. The summed E-state index contributed by atoms with van der Waals surface area (Å²) >= 11 is 0. The van der Waals surface area contributed by atoms with Gasteiger partial charge < -0.3 is 9.84 Å². The molecule has 5 nitrogen and oxygen atoms in total. The van der Waals surface area contributed by atoms with E-state index in [2.05, 4.69) is 12.2 Å². The Morgan fingerprint density at radius 1 is 1.05 bits per heavy atom. The summed E-state index contributed by atoms with van der Waals surface area (Å²) in [5.74, 6) is 0.568. The lowest BCUT2D eigenvalue weighted by atomic mass is 9.85. The van der Waals surface area contributed by atoms with Crippen LogP contribution in [-0.2, 0) is 9.59 Å². The van der Waals surface area contributed by atoms with Crippen LogP contribution in [0.15, 0.2) is 36.4 Å². The fourth-order valence-corrected chi connectivity index (χ4v) is 4.01. The number of aliphatic hydroxyl groups is 1. The number of ether oxygens (including phenoxy) is 1. The van der Waals surface area contributed by atoms with E-state index >= 15 is 0 Å². The molecule has 1 aromatic rings. The number of carbonyl (C=O) groups is 2. The molecule has 1 aromatic carbocycles. The van der Waals surface area contributed by atoms with Gasteiger partial charge in [-0.1, -0.05) is 12.2 Å². The number of anilines is 1.